The third kappa shape index (κ3) is 3.33. The fourth-order valence-corrected chi connectivity index (χ4v) is 2.33. The maximum absolute atomic E-state index is 12.3. The zero-order valence-corrected chi connectivity index (χ0v) is 10.5. The molecule has 0 spiro atoms. The molecule has 0 amide bonds. The molecule has 1 aliphatic heterocycles. The van der Waals surface area contributed by atoms with E-state index < -0.39 is 17.7 Å². The van der Waals surface area contributed by atoms with Crippen molar-refractivity contribution in [2.45, 2.75) is 25.3 Å². The second kappa shape index (κ2) is 5.02. The Morgan fingerprint density at radius 1 is 1.44 bits per heavy atom. The molecule has 1 fully saturated rings. The molecule has 0 radical (unpaired) electrons. The van der Waals surface area contributed by atoms with E-state index in [0.29, 0.717) is 26.2 Å². The monoisotopic (exact) mass is 282 g/mol. The quantitative estimate of drug-likeness (QED) is 0.922. The Bertz CT molecular complexity index is 402. The van der Waals surface area contributed by atoms with Crippen LogP contribution in [0.2, 0.25) is 0 Å². The Morgan fingerprint density at radius 3 is 2.67 bits per heavy atom. The molecular formula is C10H13F3N2O2S. The highest BCUT2D eigenvalue weighted by Gasteiger charge is 2.34. The number of nitrogens with one attached hydrogen (secondary N) is 1. The Morgan fingerprint density at radius 2 is 2.11 bits per heavy atom. The van der Waals surface area contributed by atoms with Crippen LogP contribution < -0.4 is 5.32 Å². The third-order valence-corrected chi connectivity index (χ3v) is 3.35. The summed E-state index contributed by atoms with van der Waals surface area (Å²) in [5.41, 5.74) is -0.866. The van der Waals surface area contributed by atoms with Gasteiger partial charge in [-0.1, -0.05) is 0 Å². The van der Waals surface area contributed by atoms with Crippen LogP contribution >= 0.6 is 11.3 Å². The van der Waals surface area contributed by atoms with Crippen molar-refractivity contribution in [3.63, 3.8) is 0 Å². The summed E-state index contributed by atoms with van der Waals surface area (Å²) in [5, 5.41) is 4.08. The van der Waals surface area contributed by atoms with Crippen LogP contribution in [0.5, 0.6) is 0 Å². The second-order valence-electron chi connectivity index (χ2n) is 4.04. The lowest BCUT2D eigenvalue weighted by atomic mass is 10.2. The molecule has 1 saturated heterocycles. The van der Waals surface area contributed by atoms with Crippen molar-refractivity contribution in [3.05, 3.63) is 11.1 Å². The minimum absolute atomic E-state index is 0.254. The second-order valence-corrected chi connectivity index (χ2v) is 4.90. The van der Waals surface area contributed by atoms with Gasteiger partial charge in [0, 0.05) is 18.3 Å². The van der Waals surface area contributed by atoms with Gasteiger partial charge < -0.3 is 14.8 Å². The Kier molecular flexibility index (Phi) is 3.79. The molecule has 2 heterocycles. The number of anilines is 1. The average Bonchev–Trinajstić information content (AvgIpc) is 2.87. The summed E-state index contributed by atoms with van der Waals surface area (Å²) < 4.78 is 47.7. The van der Waals surface area contributed by atoms with Crippen molar-refractivity contribution in [2.75, 3.05) is 25.1 Å². The van der Waals surface area contributed by atoms with Gasteiger partial charge in [0.2, 0.25) is 0 Å². The summed E-state index contributed by atoms with van der Waals surface area (Å²) >= 11 is 0.934. The molecule has 18 heavy (non-hydrogen) atoms. The van der Waals surface area contributed by atoms with E-state index in [9.17, 15) is 13.2 Å². The Hall–Kier alpha value is -0.860. The molecule has 1 aliphatic rings. The van der Waals surface area contributed by atoms with Crippen LogP contribution in [0.15, 0.2) is 5.38 Å². The van der Waals surface area contributed by atoms with Crippen molar-refractivity contribution in [3.8, 4) is 0 Å². The molecule has 0 atom stereocenters. The molecule has 0 bridgehead atoms. The number of aromatic nitrogens is 1. The van der Waals surface area contributed by atoms with Gasteiger partial charge in [0.25, 0.3) is 0 Å². The van der Waals surface area contributed by atoms with Crippen molar-refractivity contribution < 1.29 is 22.6 Å². The highest BCUT2D eigenvalue weighted by atomic mass is 32.1. The van der Waals surface area contributed by atoms with E-state index in [0.717, 1.165) is 16.7 Å². The number of rotatable bonds is 4. The Balaban J connectivity index is 1.82. The number of hydrogen-bond acceptors (Lipinski definition) is 5. The molecule has 0 unspecified atom stereocenters. The van der Waals surface area contributed by atoms with Crippen molar-refractivity contribution in [2.24, 2.45) is 0 Å². The summed E-state index contributed by atoms with van der Waals surface area (Å²) in [6.07, 6.45) is -3.84. The lowest BCUT2D eigenvalue weighted by molar-refractivity contribution is -0.144. The molecule has 0 saturated carbocycles. The van der Waals surface area contributed by atoms with Crippen LogP contribution in [0.1, 0.15) is 19.0 Å². The maximum Gasteiger partial charge on any atom is 0.434 e. The number of ether oxygens (including phenoxy) is 2. The third-order valence-electron chi connectivity index (χ3n) is 2.55. The van der Waals surface area contributed by atoms with Crippen molar-refractivity contribution >= 4 is 16.5 Å². The lowest BCUT2D eigenvalue weighted by Crippen LogP contribution is -2.28. The largest absolute Gasteiger partial charge is 0.434 e. The topological polar surface area (TPSA) is 43.4 Å². The van der Waals surface area contributed by atoms with Crippen LogP contribution in [0, 0.1) is 0 Å². The standard InChI is InChI=1S/C10H13F3N2O2S/c1-9(16-4-5-17-9)2-3-14-8-15-7(6-18-8)10(11,12)13/h6H,2-5H2,1H3,(H,14,15). The van der Waals surface area contributed by atoms with Gasteiger partial charge >= 0.3 is 6.18 Å². The van der Waals surface area contributed by atoms with Gasteiger partial charge in [-0.15, -0.1) is 11.3 Å². The fraction of sp³-hybridized carbons (Fsp3) is 0.700. The van der Waals surface area contributed by atoms with E-state index >= 15 is 0 Å². The zero-order valence-electron chi connectivity index (χ0n) is 9.71. The van der Waals surface area contributed by atoms with Gasteiger partial charge in [0.1, 0.15) is 0 Å². The lowest BCUT2D eigenvalue weighted by Gasteiger charge is -2.21. The summed E-state index contributed by atoms with van der Waals surface area (Å²) in [7, 11) is 0. The number of hydrogen-bond donors (Lipinski definition) is 1. The minimum atomic E-state index is -4.39. The van der Waals surface area contributed by atoms with Gasteiger partial charge in [-0.05, 0) is 6.92 Å². The molecule has 1 N–H and O–H groups in total. The van der Waals surface area contributed by atoms with Gasteiger partial charge in [0.15, 0.2) is 16.6 Å². The molecular weight excluding hydrogens is 269 g/mol. The average molecular weight is 282 g/mol. The first kappa shape index (κ1) is 13.6. The van der Waals surface area contributed by atoms with Crippen LogP contribution in [0.4, 0.5) is 18.3 Å². The van der Waals surface area contributed by atoms with Crippen LogP contribution in [0.25, 0.3) is 0 Å². The van der Waals surface area contributed by atoms with E-state index in [2.05, 4.69) is 10.3 Å². The first-order valence-corrected chi connectivity index (χ1v) is 6.32. The first-order valence-electron chi connectivity index (χ1n) is 5.44. The summed E-state index contributed by atoms with van der Waals surface area (Å²) in [5.74, 6) is -0.642. The van der Waals surface area contributed by atoms with Gasteiger partial charge in [-0.25, -0.2) is 4.98 Å². The van der Waals surface area contributed by atoms with Crippen LogP contribution in [-0.4, -0.2) is 30.5 Å². The number of nitrogens with zero attached hydrogens (tertiary/aromatic N) is 1. The molecule has 0 aliphatic carbocycles. The predicted molar refractivity (Wildman–Crippen MR) is 60.5 cm³/mol. The van der Waals surface area contributed by atoms with Gasteiger partial charge in [-0.3, -0.25) is 0 Å². The summed E-state index contributed by atoms with van der Waals surface area (Å²) in [6, 6.07) is 0. The van der Waals surface area contributed by atoms with Crippen LogP contribution in [-0.2, 0) is 15.7 Å². The highest BCUT2D eigenvalue weighted by molar-refractivity contribution is 7.13. The molecule has 0 aromatic carbocycles. The van der Waals surface area contributed by atoms with E-state index in [1.807, 2.05) is 6.92 Å². The van der Waals surface area contributed by atoms with E-state index in [-0.39, 0.29) is 5.13 Å². The van der Waals surface area contributed by atoms with E-state index in [1.54, 1.807) is 0 Å². The molecule has 4 nitrogen and oxygen atoms in total. The summed E-state index contributed by atoms with van der Waals surface area (Å²) in [6.45, 7) is 3.35. The fourth-order valence-electron chi connectivity index (χ4n) is 1.58. The maximum atomic E-state index is 12.3. The minimum Gasteiger partial charge on any atom is -0.361 e. The van der Waals surface area contributed by atoms with E-state index in [4.69, 9.17) is 9.47 Å². The first-order chi connectivity index (χ1) is 8.39. The molecule has 102 valence electrons. The van der Waals surface area contributed by atoms with Crippen molar-refractivity contribution in [1.82, 2.24) is 4.98 Å². The Labute approximate surface area is 106 Å². The SMILES string of the molecule is CC1(CCNc2nc(C(F)(F)F)cs2)OCCO1. The number of halogens is 3. The number of alkyl halides is 3. The van der Waals surface area contributed by atoms with Gasteiger partial charge in [0.05, 0.1) is 13.2 Å². The molecule has 8 heteroatoms. The highest BCUT2D eigenvalue weighted by Crippen LogP contribution is 2.31. The van der Waals surface area contributed by atoms with Gasteiger partial charge in [-0.2, -0.15) is 13.2 Å². The smallest absolute Gasteiger partial charge is 0.361 e. The molecule has 1 aromatic rings. The zero-order chi connectivity index (χ0) is 13.2. The molecule has 2 rings (SSSR count). The van der Waals surface area contributed by atoms with Crippen LogP contribution in [0.3, 0.4) is 0 Å². The van der Waals surface area contributed by atoms with Crippen molar-refractivity contribution in [1.29, 1.82) is 0 Å². The van der Waals surface area contributed by atoms with E-state index in [1.165, 1.54) is 0 Å². The molecule has 1 aromatic heterocycles. The normalized spacial score (nSPS) is 19.1. The number of thiazole rings is 1. The summed E-state index contributed by atoms with van der Waals surface area (Å²) in [4.78, 5) is 3.47. The predicted octanol–water partition coefficient (Wildman–Crippen LogP) is 2.73.